The number of hydrogen-bond acceptors (Lipinski definition) is 5. The molecule has 5 nitrogen and oxygen atoms in total. The number of hydrogen-bond donors (Lipinski definition) is 0. The van der Waals surface area contributed by atoms with Crippen LogP contribution < -0.4 is 0 Å². The summed E-state index contributed by atoms with van der Waals surface area (Å²) in [4.78, 5) is 0. The maximum Gasteiger partial charge on any atom is 0.417 e. The molecular formula is C11H12F3N3O2S2. The van der Waals surface area contributed by atoms with Crippen molar-refractivity contribution in [2.75, 3.05) is 0 Å². The number of alkyl halides is 3. The topological polar surface area (TPSA) is 64.8 Å². The molecule has 0 aromatic carbocycles. The van der Waals surface area contributed by atoms with Crippen LogP contribution in [0.15, 0.2) is 17.0 Å². The van der Waals surface area contributed by atoms with Crippen LogP contribution in [0.1, 0.15) is 23.7 Å². The molecule has 0 aliphatic heterocycles. The molecule has 0 saturated carbocycles. The summed E-state index contributed by atoms with van der Waals surface area (Å²) in [5.41, 5.74) is -0.899. The molecule has 10 heteroatoms. The lowest BCUT2D eigenvalue weighted by Crippen LogP contribution is -2.12. The van der Waals surface area contributed by atoms with Gasteiger partial charge in [-0.2, -0.15) is 24.5 Å². The molecule has 0 amide bonds. The maximum absolute atomic E-state index is 12.7. The van der Waals surface area contributed by atoms with E-state index in [1.807, 2.05) is 6.92 Å². The van der Waals surface area contributed by atoms with Crippen molar-refractivity contribution in [1.29, 1.82) is 0 Å². The van der Waals surface area contributed by atoms with Crippen LogP contribution in [-0.2, 0) is 34.1 Å². The van der Waals surface area contributed by atoms with Gasteiger partial charge in [-0.15, -0.1) is 5.10 Å². The number of rotatable bonds is 5. The van der Waals surface area contributed by atoms with Gasteiger partial charge >= 0.3 is 6.18 Å². The van der Waals surface area contributed by atoms with Gasteiger partial charge in [-0.1, -0.05) is 5.21 Å². The normalized spacial score (nSPS) is 12.8. The van der Waals surface area contributed by atoms with Crippen molar-refractivity contribution in [2.24, 2.45) is 0 Å². The number of thiophene rings is 1. The minimum atomic E-state index is -4.55. The molecule has 0 spiro atoms. The van der Waals surface area contributed by atoms with Crippen LogP contribution in [0.25, 0.3) is 0 Å². The number of aryl methyl sites for hydroxylation is 1. The van der Waals surface area contributed by atoms with Crippen molar-refractivity contribution in [1.82, 2.24) is 15.0 Å². The fourth-order valence-corrected chi connectivity index (χ4v) is 4.12. The highest BCUT2D eigenvalue weighted by atomic mass is 32.2. The van der Waals surface area contributed by atoms with E-state index in [0.29, 0.717) is 6.54 Å². The third-order valence-electron chi connectivity index (χ3n) is 2.70. The van der Waals surface area contributed by atoms with Gasteiger partial charge in [0.05, 0.1) is 22.8 Å². The molecule has 0 atom stereocenters. The molecule has 2 heterocycles. The van der Waals surface area contributed by atoms with Gasteiger partial charge < -0.3 is 0 Å². The van der Waals surface area contributed by atoms with Gasteiger partial charge in [0.15, 0.2) is 9.84 Å². The summed E-state index contributed by atoms with van der Waals surface area (Å²) in [5.74, 6) is -1.09. The molecule has 0 aliphatic rings. The summed E-state index contributed by atoms with van der Waals surface area (Å²) in [5, 5.41) is 9.51. The average Bonchev–Trinajstić information content (AvgIpc) is 2.95. The molecule has 0 fully saturated rings. The van der Waals surface area contributed by atoms with Gasteiger partial charge in [-0.3, -0.25) is 4.68 Å². The van der Waals surface area contributed by atoms with E-state index >= 15 is 0 Å². The predicted octanol–water partition coefficient (Wildman–Crippen LogP) is 2.49. The van der Waals surface area contributed by atoms with E-state index in [4.69, 9.17) is 0 Å². The highest BCUT2D eigenvalue weighted by Crippen LogP contribution is 2.35. The first-order valence-electron chi connectivity index (χ1n) is 5.93. The molecule has 2 rings (SSSR count). The summed E-state index contributed by atoms with van der Waals surface area (Å²) >= 11 is 0.831. The Bertz CT molecular complexity index is 719. The predicted molar refractivity (Wildman–Crippen MR) is 71.3 cm³/mol. The van der Waals surface area contributed by atoms with Crippen LogP contribution in [0, 0.1) is 0 Å². The molecule has 0 bridgehead atoms. The van der Waals surface area contributed by atoms with Gasteiger partial charge in [0.25, 0.3) is 0 Å². The Morgan fingerprint density at radius 3 is 2.57 bits per heavy atom. The minimum Gasteiger partial charge on any atom is -0.253 e. The quantitative estimate of drug-likeness (QED) is 0.839. The summed E-state index contributed by atoms with van der Waals surface area (Å²) in [7, 11) is -3.74. The van der Waals surface area contributed by atoms with E-state index in [1.54, 1.807) is 0 Å². The summed E-state index contributed by atoms with van der Waals surface area (Å²) in [6.45, 7) is 2.35. The summed E-state index contributed by atoms with van der Waals surface area (Å²) < 4.78 is 63.6. The zero-order chi connectivity index (χ0) is 15.7. The van der Waals surface area contributed by atoms with E-state index in [-0.39, 0.29) is 11.3 Å². The fourth-order valence-electron chi connectivity index (χ4n) is 1.76. The zero-order valence-electron chi connectivity index (χ0n) is 11.0. The maximum atomic E-state index is 12.7. The van der Waals surface area contributed by atoms with E-state index in [1.165, 1.54) is 16.3 Å². The molecule has 0 aliphatic carbocycles. The van der Waals surface area contributed by atoms with E-state index in [9.17, 15) is 21.6 Å². The number of aromatic nitrogens is 3. The van der Waals surface area contributed by atoms with E-state index in [0.717, 1.165) is 16.7 Å². The first-order valence-corrected chi connectivity index (χ1v) is 8.69. The largest absolute Gasteiger partial charge is 0.417 e. The second-order valence-electron chi connectivity index (χ2n) is 4.41. The lowest BCUT2D eigenvalue weighted by atomic mass is 10.2. The van der Waals surface area contributed by atoms with Crippen LogP contribution in [0.2, 0.25) is 0 Å². The Morgan fingerprint density at radius 1 is 1.29 bits per heavy atom. The molecule has 0 saturated heterocycles. The van der Waals surface area contributed by atoms with Crippen molar-refractivity contribution in [2.45, 2.75) is 31.2 Å². The third kappa shape index (κ3) is 4.03. The van der Waals surface area contributed by atoms with Crippen molar-refractivity contribution < 1.29 is 21.6 Å². The van der Waals surface area contributed by atoms with Crippen LogP contribution in [0.3, 0.4) is 0 Å². The molecular weight excluding hydrogens is 327 g/mol. The van der Waals surface area contributed by atoms with Gasteiger partial charge in [0.2, 0.25) is 0 Å². The highest BCUT2D eigenvalue weighted by molar-refractivity contribution is 7.89. The van der Waals surface area contributed by atoms with Crippen molar-refractivity contribution in [3.63, 3.8) is 0 Å². The average molecular weight is 339 g/mol. The van der Waals surface area contributed by atoms with E-state index in [2.05, 4.69) is 10.3 Å². The molecule has 0 N–H and O–H groups in total. The molecule has 0 radical (unpaired) electrons. The number of halogens is 3. The van der Waals surface area contributed by atoms with Gasteiger partial charge in [0.1, 0.15) is 0 Å². The first kappa shape index (κ1) is 16.0. The fraction of sp³-hybridized carbons (Fsp3) is 0.455. The summed E-state index contributed by atoms with van der Waals surface area (Å²) in [6, 6.07) is 0. The minimum absolute atomic E-state index is 0.223. The lowest BCUT2D eigenvalue weighted by molar-refractivity contribution is -0.137. The van der Waals surface area contributed by atoms with Crippen molar-refractivity contribution in [3.05, 3.63) is 33.8 Å². The standard InChI is InChI=1S/C11H12F3N3O2S2/c1-2-17-3-9(15-16-17)7-21(18,19)6-8-4-20-5-10(8)11(12,13)14/h3-5H,2,6-7H2,1H3. The Hall–Kier alpha value is -1.42. The summed E-state index contributed by atoms with van der Waals surface area (Å²) in [6.07, 6.45) is -3.08. The van der Waals surface area contributed by atoms with Crippen LogP contribution in [-0.4, -0.2) is 23.4 Å². The molecule has 2 aromatic heterocycles. The SMILES string of the molecule is CCn1cc(CS(=O)(=O)Cc2cscc2C(F)(F)F)nn1. The Balaban J connectivity index is 2.16. The van der Waals surface area contributed by atoms with Crippen molar-refractivity contribution >= 4 is 21.2 Å². The first-order chi connectivity index (χ1) is 9.71. The molecule has 2 aromatic rings. The smallest absolute Gasteiger partial charge is 0.253 e. The lowest BCUT2D eigenvalue weighted by Gasteiger charge is -2.08. The number of nitrogens with zero attached hydrogens (tertiary/aromatic N) is 3. The van der Waals surface area contributed by atoms with Gasteiger partial charge in [-0.05, 0) is 17.9 Å². The number of sulfone groups is 1. The van der Waals surface area contributed by atoms with Crippen molar-refractivity contribution in [3.8, 4) is 0 Å². The molecule has 116 valence electrons. The van der Waals surface area contributed by atoms with Crippen LogP contribution >= 0.6 is 11.3 Å². The zero-order valence-corrected chi connectivity index (χ0v) is 12.6. The Labute approximate surface area is 123 Å². The van der Waals surface area contributed by atoms with Gasteiger partial charge in [0, 0.05) is 18.1 Å². The Morgan fingerprint density at radius 2 is 2.00 bits per heavy atom. The third-order valence-corrected chi connectivity index (χ3v) is 4.98. The Kier molecular flexibility index (Phi) is 4.38. The molecule has 21 heavy (non-hydrogen) atoms. The highest BCUT2D eigenvalue weighted by Gasteiger charge is 2.35. The molecule has 0 unspecified atom stereocenters. The van der Waals surface area contributed by atoms with Crippen LogP contribution in [0.5, 0.6) is 0 Å². The van der Waals surface area contributed by atoms with Gasteiger partial charge in [-0.25, -0.2) is 8.42 Å². The second-order valence-corrected chi connectivity index (χ2v) is 7.21. The van der Waals surface area contributed by atoms with Crippen LogP contribution in [0.4, 0.5) is 13.2 Å². The monoisotopic (exact) mass is 339 g/mol. The second kappa shape index (κ2) is 5.76. The van der Waals surface area contributed by atoms with E-state index < -0.39 is 33.1 Å².